The third kappa shape index (κ3) is 6.05. The van der Waals surface area contributed by atoms with Crippen molar-refractivity contribution < 1.29 is 19.4 Å². The van der Waals surface area contributed by atoms with E-state index in [4.69, 9.17) is 16.3 Å². The van der Waals surface area contributed by atoms with E-state index in [1.807, 2.05) is 36.4 Å². The Labute approximate surface area is 203 Å². The Morgan fingerprint density at radius 1 is 1.06 bits per heavy atom. The van der Waals surface area contributed by atoms with E-state index in [2.05, 4.69) is 15.6 Å². The highest BCUT2D eigenvalue weighted by Crippen LogP contribution is 2.25. The maximum atomic E-state index is 12.5. The molecule has 0 bridgehead atoms. The Hall–Kier alpha value is -3.58. The Morgan fingerprint density at radius 3 is 2.59 bits per heavy atom. The molecule has 0 saturated carbocycles. The number of rotatable bonds is 9. The van der Waals surface area contributed by atoms with Gasteiger partial charge in [-0.3, -0.25) is 4.79 Å². The number of carboxylic acid groups (broad SMARTS) is 1. The number of nitrogens with zero attached hydrogens (tertiary/aromatic N) is 1. The van der Waals surface area contributed by atoms with Gasteiger partial charge in [0.05, 0.1) is 16.3 Å². The number of nitrogens with one attached hydrogen (secondary N) is 2. The molecular formula is C26H26ClN3O4. The highest BCUT2D eigenvalue weighted by Gasteiger charge is 2.22. The number of aliphatic carboxylic acids is 1. The zero-order valence-corrected chi connectivity index (χ0v) is 19.3. The van der Waals surface area contributed by atoms with Gasteiger partial charge < -0.3 is 20.5 Å². The Morgan fingerprint density at radius 2 is 1.82 bits per heavy atom. The smallest absolute Gasteiger partial charge is 0.326 e. The fraction of sp³-hybridized carbons (Fsp3) is 0.269. The van der Waals surface area contributed by atoms with E-state index in [1.165, 1.54) is 0 Å². The molecule has 2 aromatic carbocycles. The molecule has 0 spiro atoms. The first-order valence-electron chi connectivity index (χ1n) is 11.2. The van der Waals surface area contributed by atoms with Crippen LogP contribution in [0.5, 0.6) is 5.88 Å². The standard InChI is InChI=1S/C26H26ClN3O4/c27-21-7-2-1-6-20(21)24(31)30-23(26(32)33)16-18-10-8-17(9-11-18)4-3-5-19-12-13-22-25(29-19)34-15-14-28-22/h1-2,6-13,23,28H,3-5,14-16H2,(H,30,31)(H,32,33)/t23-/m0/s1. The SMILES string of the molecule is O=C(N[C@@H](Cc1ccc(CCCc2ccc3c(n2)OCCN3)cc1)C(=O)O)c1ccccc1Cl. The van der Waals surface area contributed by atoms with Crippen molar-refractivity contribution in [3.05, 3.63) is 88.1 Å². The molecule has 1 aliphatic heterocycles. The summed E-state index contributed by atoms with van der Waals surface area (Å²) in [5, 5.41) is 15.7. The molecular weight excluding hydrogens is 454 g/mol. The Kier molecular flexibility index (Phi) is 7.65. The molecule has 34 heavy (non-hydrogen) atoms. The second kappa shape index (κ2) is 11.0. The molecule has 3 N–H and O–H groups in total. The van der Waals surface area contributed by atoms with Crippen molar-refractivity contribution in [2.24, 2.45) is 0 Å². The number of pyridine rings is 1. The van der Waals surface area contributed by atoms with Crippen LogP contribution >= 0.6 is 11.6 Å². The Bertz CT molecular complexity index is 1170. The predicted molar refractivity (Wildman–Crippen MR) is 131 cm³/mol. The first kappa shape index (κ1) is 23.6. The molecule has 3 aromatic rings. The largest absolute Gasteiger partial charge is 0.480 e. The van der Waals surface area contributed by atoms with Crippen LogP contribution < -0.4 is 15.4 Å². The molecule has 2 heterocycles. The molecule has 0 aliphatic carbocycles. The van der Waals surface area contributed by atoms with Gasteiger partial charge in [-0.2, -0.15) is 0 Å². The number of halogens is 1. The molecule has 1 amide bonds. The van der Waals surface area contributed by atoms with E-state index in [0.29, 0.717) is 12.5 Å². The van der Waals surface area contributed by atoms with Crippen molar-refractivity contribution in [2.45, 2.75) is 31.7 Å². The number of hydrogen-bond acceptors (Lipinski definition) is 5. The summed E-state index contributed by atoms with van der Waals surface area (Å²) < 4.78 is 5.60. The van der Waals surface area contributed by atoms with Crippen LogP contribution in [0.1, 0.15) is 33.6 Å². The molecule has 0 unspecified atom stereocenters. The van der Waals surface area contributed by atoms with E-state index in [9.17, 15) is 14.7 Å². The van der Waals surface area contributed by atoms with Gasteiger partial charge in [0.1, 0.15) is 12.6 Å². The summed E-state index contributed by atoms with van der Waals surface area (Å²) in [6, 6.07) is 17.3. The van der Waals surface area contributed by atoms with Crippen molar-refractivity contribution in [1.82, 2.24) is 10.3 Å². The van der Waals surface area contributed by atoms with Crippen molar-refractivity contribution in [3.63, 3.8) is 0 Å². The van der Waals surface area contributed by atoms with Gasteiger partial charge in [0.2, 0.25) is 5.88 Å². The van der Waals surface area contributed by atoms with E-state index in [1.54, 1.807) is 24.3 Å². The molecule has 0 radical (unpaired) electrons. The summed E-state index contributed by atoms with van der Waals surface area (Å²) in [6.45, 7) is 1.42. The van der Waals surface area contributed by atoms with Gasteiger partial charge >= 0.3 is 5.97 Å². The number of anilines is 1. The minimum atomic E-state index is -1.10. The molecule has 0 saturated heterocycles. The molecule has 8 heteroatoms. The molecule has 1 aliphatic rings. The fourth-order valence-electron chi connectivity index (χ4n) is 3.83. The number of hydrogen-bond donors (Lipinski definition) is 3. The van der Waals surface area contributed by atoms with E-state index in [0.717, 1.165) is 48.3 Å². The first-order valence-corrected chi connectivity index (χ1v) is 11.6. The lowest BCUT2D eigenvalue weighted by molar-refractivity contribution is -0.139. The number of amides is 1. The maximum absolute atomic E-state index is 12.5. The van der Waals surface area contributed by atoms with Crippen LogP contribution in [0, 0.1) is 0 Å². The molecule has 1 atom stereocenters. The number of aromatic nitrogens is 1. The maximum Gasteiger partial charge on any atom is 0.326 e. The van der Waals surface area contributed by atoms with Gasteiger partial charge in [0.15, 0.2) is 0 Å². The summed E-state index contributed by atoms with van der Waals surface area (Å²) in [5.74, 6) is -0.935. The van der Waals surface area contributed by atoms with Gasteiger partial charge in [0, 0.05) is 18.7 Å². The number of aryl methyl sites for hydroxylation is 2. The number of carbonyl (C=O) groups is 2. The van der Waals surface area contributed by atoms with Crippen LogP contribution in [0.25, 0.3) is 0 Å². The topological polar surface area (TPSA) is 101 Å². The molecule has 4 rings (SSSR count). The van der Waals surface area contributed by atoms with Crippen LogP contribution in [0.4, 0.5) is 5.69 Å². The zero-order chi connectivity index (χ0) is 23.9. The van der Waals surface area contributed by atoms with Crippen molar-refractivity contribution in [3.8, 4) is 5.88 Å². The third-order valence-corrected chi connectivity index (χ3v) is 5.99. The fourth-order valence-corrected chi connectivity index (χ4v) is 4.05. The Balaban J connectivity index is 1.30. The minimum absolute atomic E-state index is 0.179. The van der Waals surface area contributed by atoms with Crippen LogP contribution in [0.2, 0.25) is 5.02 Å². The number of carboxylic acids is 1. The lowest BCUT2D eigenvalue weighted by atomic mass is 10.0. The van der Waals surface area contributed by atoms with Crippen molar-refractivity contribution >= 4 is 29.2 Å². The summed E-state index contributed by atoms with van der Waals surface area (Å²) in [6.07, 6.45) is 2.83. The zero-order valence-electron chi connectivity index (χ0n) is 18.6. The second-order valence-corrected chi connectivity index (χ2v) is 8.56. The average molecular weight is 480 g/mol. The highest BCUT2D eigenvalue weighted by molar-refractivity contribution is 6.33. The molecule has 176 valence electrons. The number of fused-ring (bicyclic) bond motifs is 1. The number of carbonyl (C=O) groups excluding carboxylic acids is 1. The normalized spacial score (nSPS) is 13.2. The molecule has 1 aromatic heterocycles. The van der Waals surface area contributed by atoms with Gasteiger partial charge in [-0.25, -0.2) is 9.78 Å². The van der Waals surface area contributed by atoms with Crippen molar-refractivity contribution in [1.29, 1.82) is 0 Å². The van der Waals surface area contributed by atoms with E-state index in [-0.39, 0.29) is 17.0 Å². The number of ether oxygens (including phenoxy) is 1. The summed E-state index contributed by atoms with van der Waals surface area (Å²) >= 11 is 6.05. The quantitative estimate of drug-likeness (QED) is 0.426. The molecule has 0 fully saturated rings. The minimum Gasteiger partial charge on any atom is -0.480 e. The summed E-state index contributed by atoms with van der Waals surface area (Å²) in [5.41, 5.74) is 4.18. The molecule has 7 nitrogen and oxygen atoms in total. The average Bonchev–Trinajstić information content (AvgIpc) is 2.84. The summed E-state index contributed by atoms with van der Waals surface area (Å²) in [4.78, 5) is 28.8. The van der Waals surface area contributed by atoms with Crippen LogP contribution in [-0.4, -0.2) is 41.2 Å². The third-order valence-electron chi connectivity index (χ3n) is 5.66. The van der Waals surface area contributed by atoms with Crippen LogP contribution in [0.3, 0.4) is 0 Å². The van der Waals surface area contributed by atoms with Gasteiger partial charge in [-0.15, -0.1) is 0 Å². The highest BCUT2D eigenvalue weighted by atomic mass is 35.5. The summed E-state index contributed by atoms with van der Waals surface area (Å²) in [7, 11) is 0. The van der Waals surface area contributed by atoms with Gasteiger partial charge in [0.25, 0.3) is 5.91 Å². The monoisotopic (exact) mass is 479 g/mol. The lowest BCUT2D eigenvalue weighted by Gasteiger charge is -2.18. The van der Waals surface area contributed by atoms with E-state index >= 15 is 0 Å². The van der Waals surface area contributed by atoms with Gasteiger partial charge in [-0.05, 0) is 54.7 Å². The number of benzene rings is 2. The van der Waals surface area contributed by atoms with Crippen LogP contribution in [-0.2, 0) is 24.1 Å². The lowest BCUT2D eigenvalue weighted by Crippen LogP contribution is -2.42. The van der Waals surface area contributed by atoms with E-state index < -0.39 is 17.9 Å². The second-order valence-electron chi connectivity index (χ2n) is 8.15. The van der Waals surface area contributed by atoms with Crippen LogP contribution in [0.15, 0.2) is 60.7 Å². The predicted octanol–water partition coefficient (Wildman–Crippen LogP) is 4.14. The van der Waals surface area contributed by atoms with Gasteiger partial charge in [-0.1, -0.05) is 48.0 Å². The van der Waals surface area contributed by atoms with Crippen molar-refractivity contribution in [2.75, 3.05) is 18.5 Å². The first-order chi connectivity index (χ1) is 16.5.